The van der Waals surface area contributed by atoms with Crippen LogP contribution in [0.5, 0.6) is 0 Å². The molecule has 0 amide bonds. The fourth-order valence-electron chi connectivity index (χ4n) is 0. The zero-order valence-corrected chi connectivity index (χ0v) is 9.02. The van der Waals surface area contributed by atoms with Gasteiger partial charge in [0.1, 0.15) is 0 Å². The molecule has 0 fully saturated rings. The van der Waals surface area contributed by atoms with Crippen molar-refractivity contribution < 1.29 is 91.8 Å². The first-order valence-corrected chi connectivity index (χ1v) is 0. The summed E-state index contributed by atoms with van der Waals surface area (Å²) in [5.74, 6) is 0. The molecular formula is F7YZr. The van der Waals surface area contributed by atoms with Crippen molar-refractivity contribution in [3.05, 3.63) is 0 Å². The first-order chi connectivity index (χ1) is 0. The van der Waals surface area contributed by atoms with Gasteiger partial charge in [0, 0.05) is 0 Å². The van der Waals surface area contributed by atoms with Gasteiger partial charge in [-0.05, 0) is 0 Å². The molecule has 0 saturated heterocycles. The maximum atomic E-state index is 0. The quantitative estimate of drug-likeness (QED) is 0.390. The minimum absolute atomic E-state index is 0. The van der Waals surface area contributed by atoms with Crippen molar-refractivity contribution in [1.29, 1.82) is 0 Å². The van der Waals surface area contributed by atoms with Crippen LogP contribution in [0.4, 0.5) is 0 Å². The van der Waals surface area contributed by atoms with E-state index in [2.05, 4.69) is 0 Å². The van der Waals surface area contributed by atoms with Crippen LogP contribution in [-0.4, -0.2) is 0 Å². The maximum absolute atomic E-state index is 0. The Morgan fingerprint density at radius 1 is 0.333 bits per heavy atom. The van der Waals surface area contributed by atoms with E-state index in [1.165, 1.54) is 0 Å². The normalized spacial score (nSPS) is 0. The molecule has 0 aromatic heterocycles. The molecular weight excluding hydrogens is 313 g/mol. The van der Waals surface area contributed by atoms with E-state index in [9.17, 15) is 0 Å². The molecule has 0 saturated carbocycles. The predicted octanol–water partition coefficient (Wildman–Crippen LogP) is -21.0. The third-order valence-electron chi connectivity index (χ3n) is 0. The van der Waals surface area contributed by atoms with E-state index in [1.54, 1.807) is 0 Å². The van der Waals surface area contributed by atoms with Crippen LogP contribution in [0.25, 0.3) is 0 Å². The summed E-state index contributed by atoms with van der Waals surface area (Å²) in [7, 11) is 0. The summed E-state index contributed by atoms with van der Waals surface area (Å²) < 4.78 is 0. The second-order valence-electron chi connectivity index (χ2n) is 0. The van der Waals surface area contributed by atoms with E-state index in [0.29, 0.717) is 0 Å². The molecule has 9 heavy (non-hydrogen) atoms. The van der Waals surface area contributed by atoms with Crippen LogP contribution in [0.1, 0.15) is 0 Å². The fourth-order valence-corrected chi connectivity index (χ4v) is 0. The minimum Gasteiger partial charge on any atom is -1.00 e. The fraction of sp³-hybridized carbons (Fsp3) is 0. The van der Waals surface area contributed by atoms with Crippen LogP contribution >= 0.6 is 0 Å². The van der Waals surface area contributed by atoms with E-state index < -0.39 is 0 Å². The van der Waals surface area contributed by atoms with Gasteiger partial charge >= 0.3 is 58.9 Å². The summed E-state index contributed by atoms with van der Waals surface area (Å²) in [6.45, 7) is 0. The van der Waals surface area contributed by atoms with Gasteiger partial charge in [0.2, 0.25) is 0 Å². The van der Waals surface area contributed by atoms with E-state index in [-0.39, 0.29) is 91.8 Å². The molecule has 0 bridgehead atoms. The van der Waals surface area contributed by atoms with Gasteiger partial charge < -0.3 is 32.9 Å². The van der Waals surface area contributed by atoms with Crippen molar-refractivity contribution in [3.63, 3.8) is 0 Å². The Morgan fingerprint density at radius 3 is 0.333 bits per heavy atom. The zero-order valence-electron chi connectivity index (χ0n) is 3.72. The van der Waals surface area contributed by atoms with Gasteiger partial charge in [0.15, 0.2) is 0 Å². The smallest absolute Gasteiger partial charge is 1.00 e. The van der Waals surface area contributed by atoms with Crippen LogP contribution < -0.4 is 32.9 Å². The van der Waals surface area contributed by atoms with Gasteiger partial charge in [0.25, 0.3) is 0 Å². The van der Waals surface area contributed by atoms with Crippen molar-refractivity contribution >= 4 is 0 Å². The van der Waals surface area contributed by atoms with Gasteiger partial charge in [-0.2, -0.15) is 0 Å². The van der Waals surface area contributed by atoms with E-state index in [4.69, 9.17) is 0 Å². The molecule has 0 aliphatic heterocycles. The van der Waals surface area contributed by atoms with Crippen LogP contribution in [0.3, 0.4) is 0 Å². The molecule has 0 rings (SSSR count). The topological polar surface area (TPSA) is 0 Å². The molecule has 0 heterocycles. The van der Waals surface area contributed by atoms with Gasteiger partial charge in [-0.1, -0.05) is 0 Å². The number of halogens is 7. The average Bonchev–Trinajstić information content (AvgIpc) is 0. The molecule has 0 atom stereocenters. The summed E-state index contributed by atoms with van der Waals surface area (Å²) in [4.78, 5) is 0. The number of hydrogen-bond acceptors (Lipinski definition) is 0. The maximum Gasteiger partial charge on any atom is 4.00 e. The Kier molecular flexibility index (Phi) is 14400. The summed E-state index contributed by atoms with van der Waals surface area (Å²) >= 11 is 0. The van der Waals surface area contributed by atoms with Crippen molar-refractivity contribution in [1.82, 2.24) is 0 Å². The first-order valence-electron chi connectivity index (χ1n) is 0. The Balaban J connectivity index is 0. The Morgan fingerprint density at radius 2 is 0.333 bits per heavy atom. The van der Waals surface area contributed by atoms with Crippen LogP contribution in [0.2, 0.25) is 0 Å². The molecule has 0 aliphatic rings. The van der Waals surface area contributed by atoms with E-state index >= 15 is 0 Å². The molecule has 0 spiro atoms. The molecule has 0 aliphatic carbocycles. The first kappa shape index (κ1) is 422. The molecule has 0 radical (unpaired) electrons. The van der Waals surface area contributed by atoms with E-state index in [1.807, 2.05) is 0 Å². The SMILES string of the molecule is [F-].[F-].[F-].[F-].[F-].[F-].[F-].[Y+3].[Zr+4]. The Labute approximate surface area is 91.1 Å². The summed E-state index contributed by atoms with van der Waals surface area (Å²) in [6, 6.07) is 0. The minimum atomic E-state index is 0. The third-order valence-corrected chi connectivity index (χ3v) is 0. The van der Waals surface area contributed by atoms with Crippen LogP contribution in [0, 0.1) is 0 Å². The Hall–Kier alpha value is 1.50. The van der Waals surface area contributed by atoms with Crippen molar-refractivity contribution in [3.8, 4) is 0 Å². The van der Waals surface area contributed by atoms with Crippen molar-refractivity contribution in [2.45, 2.75) is 0 Å². The second-order valence-corrected chi connectivity index (χ2v) is 0. The van der Waals surface area contributed by atoms with Crippen LogP contribution in [0.15, 0.2) is 0 Å². The third kappa shape index (κ3) is 238. The van der Waals surface area contributed by atoms with E-state index in [0.717, 1.165) is 0 Å². The largest absolute Gasteiger partial charge is 4.00 e. The molecule has 0 N–H and O–H groups in total. The van der Waals surface area contributed by atoms with Crippen molar-refractivity contribution in [2.24, 2.45) is 0 Å². The number of hydrogen-bond donors (Lipinski definition) is 0. The monoisotopic (exact) mass is 312 g/mol. The van der Waals surface area contributed by atoms with Gasteiger partial charge in [-0.15, -0.1) is 0 Å². The zero-order chi connectivity index (χ0) is 0. The molecule has 0 nitrogen and oxygen atoms in total. The van der Waals surface area contributed by atoms with Crippen LogP contribution in [-0.2, 0) is 58.9 Å². The summed E-state index contributed by atoms with van der Waals surface area (Å²) in [6.07, 6.45) is 0. The standard InChI is InChI=1S/7FH.Y.Zr/h7*1H;;/q;;;;;;;+3;+4/p-7. The predicted molar refractivity (Wildman–Crippen MR) is 0 cm³/mol. The molecule has 56 valence electrons. The average molecular weight is 313 g/mol. The van der Waals surface area contributed by atoms with Crippen molar-refractivity contribution in [2.75, 3.05) is 0 Å². The second kappa shape index (κ2) is 306. The summed E-state index contributed by atoms with van der Waals surface area (Å²) in [5.41, 5.74) is 0. The molecule has 0 aromatic rings. The summed E-state index contributed by atoms with van der Waals surface area (Å²) in [5, 5.41) is 0. The Bertz CT molecular complexity index is 8.88. The number of rotatable bonds is 0. The van der Waals surface area contributed by atoms with Gasteiger partial charge in [-0.25, -0.2) is 0 Å². The van der Waals surface area contributed by atoms with Gasteiger partial charge in [0.05, 0.1) is 0 Å². The van der Waals surface area contributed by atoms with Gasteiger partial charge in [-0.3, -0.25) is 0 Å². The molecule has 0 aromatic carbocycles. The molecule has 0 unspecified atom stereocenters. The molecule has 9 heteroatoms.